The lowest BCUT2D eigenvalue weighted by molar-refractivity contribution is -0.140. The topological polar surface area (TPSA) is 49.4 Å². The van der Waals surface area contributed by atoms with Gasteiger partial charge < -0.3 is 10.2 Å². The van der Waals surface area contributed by atoms with Gasteiger partial charge in [0, 0.05) is 19.5 Å². The van der Waals surface area contributed by atoms with E-state index in [1.54, 1.807) is 24.0 Å². The lowest BCUT2D eigenvalue weighted by atomic mass is 10.1. The quantitative estimate of drug-likeness (QED) is 0.840. The number of carbonyl (C=O) groups is 2. The van der Waals surface area contributed by atoms with Crippen LogP contribution in [-0.4, -0.2) is 29.3 Å². The molecule has 116 valence electrons. The third-order valence-electron chi connectivity index (χ3n) is 3.25. The molecule has 0 saturated carbocycles. The molecule has 2 amide bonds. The van der Waals surface area contributed by atoms with Crippen molar-refractivity contribution in [2.75, 3.05) is 6.54 Å². The number of rotatable bonds is 7. The number of amides is 2. The van der Waals surface area contributed by atoms with Crippen LogP contribution >= 0.6 is 0 Å². The van der Waals surface area contributed by atoms with Crippen molar-refractivity contribution >= 4 is 11.8 Å². The number of halogens is 1. The largest absolute Gasteiger partial charge is 0.355 e. The van der Waals surface area contributed by atoms with Crippen molar-refractivity contribution in [3.63, 3.8) is 0 Å². The van der Waals surface area contributed by atoms with Crippen LogP contribution in [0.5, 0.6) is 0 Å². The number of hydrogen-bond acceptors (Lipinski definition) is 2. The Kier molecular flexibility index (Phi) is 6.85. The summed E-state index contributed by atoms with van der Waals surface area (Å²) in [7, 11) is 0. The molecule has 0 aliphatic rings. The second-order valence-electron chi connectivity index (χ2n) is 4.97. The maximum absolute atomic E-state index is 12.9. The highest BCUT2D eigenvalue weighted by atomic mass is 19.1. The molecule has 4 nitrogen and oxygen atoms in total. The van der Waals surface area contributed by atoms with E-state index in [0.29, 0.717) is 19.5 Å². The Morgan fingerprint density at radius 2 is 1.86 bits per heavy atom. The molecule has 0 aliphatic heterocycles. The second kappa shape index (κ2) is 8.39. The SMILES string of the molecule is CCCC(=O)N(Cc1ccc(F)cc1)C(C)C(=O)NCC. The molecule has 0 aliphatic carbocycles. The molecule has 1 aromatic carbocycles. The molecule has 1 rings (SSSR count). The van der Waals surface area contributed by atoms with E-state index >= 15 is 0 Å². The van der Waals surface area contributed by atoms with Gasteiger partial charge in [-0.3, -0.25) is 9.59 Å². The first-order valence-electron chi connectivity index (χ1n) is 7.31. The molecular weight excluding hydrogens is 271 g/mol. The molecule has 5 heteroatoms. The summed E-state index contributed by atoms with van der Waals surface area (Å²) in [5, 5.41) is 2.72. The van der Waals surface area contributed by atoms with Gasteiger partial charge in [0.2, 0.25) is 11.8 Å². The average Bonchev–Trinajstić information content (AvgIpc) is 2.46. The van der Waals surface area contributed by atoms with Crippen LogP contribution in [-0.2, 0) is 16.1 Å². The van der Waals surface area contributed by atoms with E-state index in [1.165, 1.54) is 12.1 Å². The number of hydrogen-bond donors (Lipinski definition) is 1. The highest BCUT2D eigenvalue weighted by molar-refractivity contribution is 5.87. The Morgan fingerprint density at radius 3 is 2.38 bits per heavy atom. The van der Waals surface area contributed by atoms with Crippen molar-refractivity contribution in [2.24, 2.45) is 0 Å². The van der Waals surface area contributed by atoms with Crippen LogP contribution in [0.1, 0.15) is 39.2 Å². The van der Waals surface area contributed by atoms with Gasteiger partial charge in [-0.05, 0) is 38.0 Å². The first-order chi connectivity index (χ1) is 9.99. The van der Waals surface area contributed by atoms with E-state index in [2.05, 4.69) is 5.32 Å². The maximum atomic E-state index is 12.9. The zero-order chi connectivity index (χ0) is 15.8. The molecule has 0 radical (unpaired) electrons. The van der Waals surface area contributed by atoms with Gasteiger partial charge in [0.15, 0.2) is 0 Å². The fraction of sp³-hybridized carbons (Fsp3) is 0.500. The van der Waals surface area contributed by atoms with Crippen molar-refractivity contribution in [3.8, 4) is 0 Å². The van der Waals surface area contributed by atoms with Crippen molar-refractivity contribution in [3.05, 3.63) is 35.6 Å². The molecule has 1 unspecified atom stereocenters. The molecule has 0 fully saturated rings. The summed E-state index contributed by atoms with van der Waals surface area (Å²) in [5.74, 6) is -0.563. The normalized spacial score (nSPS) is 11.8. The standard InChI is InChI=1S/C16H23FN2O2/c1-4-6-15(20)19(12(3)16(21)18-5-2)11-13-7-9-14(17)10-8-13/h7-10,12H,4-6,11H2,1-3H3,(H,18,21). The number of likely N-dealkylation sites (N-methyl/N-ethyl adjacent to an activating group) is 1. The molecule has 1 N–H and O–H groups in total. The zero-order valence-electron chi connectivity index (χ0n) is 12.9. The van der Waals surface area contributed by atoms with Crippen molar-refractivity contribution < 1.29 is 14.0 Å². The summed E-state index contributed by atoms with van der Waals surface area (Å²) >= 11 is 0. The summed E-state index contributed by atoms with van der Waals surface area (Å²) in [6.07, 6.45) is 1.12. The number of nitrogens with zero attached hydrogens (tertiary/aromatic N) is 1. The predicted molar refractivity (Wildman–Crippen MR) is 80.0 cm³/mol. The molecule has 0 aromatic heterocycles. The van der Waals surface area contributed by atoms with Gasteiger partial charge in [-0.2, -0.15) is 0 Å². The van der Waals surface area contributed by atoms with Crippen LogP contribution in [0.4, 0.5) is 4.39 Å². The van der Waals surface area contributed by atoms with Gasteiger partial charge in [0.1, 0.15) is 11.9 Å². The zero-order valence-corrected chi connectivity index (χ0v) is 12.9. The van der Waals surface area contributed by atoms with Crippen LogP contribution < -0.4 is 5.32 Å². The van der Waals surface area contributed by atoms with E-state index in [1.807, 2.05) is 13.8 Å². The Balaban J connectivity index is 2.88. The lowest BCUT2D eigenvalue weighted by Gasteiger charge is -2.28. The number of carbonyl (C=O) groups excluding carboxylic acids is 2. The first-order valence-corrected chi connectivity index (χ1v) is 7.31. The molecule has 0 heterocycles. The van der Waals surface area contributed by atoms with Crippen LogP contribution in [0.3, 0.4) is 0 Å². The molecule has 0 bridgehead atoms. The highest BCUT2D eigenvalue weighted by Crippen LogP contribution is 2.12. The number of benzene rings is 1. The van der Waals surface area contributed by atoms with Gasteiger partial charge in [0.05, 0.1) is 0 Å². The Hall–Kier alpha value is -1.91. The fourth-order valence-electron chi connectivity index (χ4n) is 2.05. The molecule has 0 spiro atoms. The minimum atomic E-state index is -0.547. The van der Waals surface area contributed by atoms with E-state index in [0.717, 1.165) is 12.0 Å². The van der Waals surface area contributed by atoms with E-state index < -0.39 is 6.04 Å². The minimum absolute atomic E-state index is 0.0689. The summed E-state index contributed by atoms with van der Waals surface area (Å²) in [5.41, 5.74) is 0.803. The highest BCUT2D eigenvalue weighted by Gasteiger charge is 2.25. The summed E-state index contributed by atoms with van der Waals surface area (Å²) in [6, 6.07) is 5.43. The average molecular weight is 294 g/mol. The van der Waals surface area contributed by atoms with E-state index in [-0.39, 0.29) is 17.6 Å². The Morgan fingerprint density at radius 1 is 1.24 bits per heavy atom. The van der Waals surface area contributed by atoms with Crippen LogP contribution in [0.15, 0.2) is 24.3 Å². The van der Waals surface area contributed by atoms with E-state index in [4.69, 9.17) is 0 Å². The third kappa shape index (κ3) is 5.17. The van der Waals surface area contributed by atoms with Gasteiger partial charge in [-0.15, -0.1) is 0 Å². The maximum Gasteiger partial charge on any atom is 0.242 e. The van der Waals surface area contributed by atoms with Crippen LogP contribution in [0.2, 0.25) is 0 Å². The Labute approximate surface area is 125 Å². The summed E-state index contributed by atoms with van der Waals surface area (Å²) < 4.78 is 12.9. The van der Waals surface area contributed by atoms with Gasteiger partial charge in [0.25, 0.3) is 0 Å². The fourth-order valence-corrected chi connectivity index (χ4v) is 2.05. The predicted octanol–water partition coefficient (Wildman–Crippen LogP) is 2.48. The molecular formula is C16H23FN2O2. The number of nitrogens with one attached hydrogen (secondary N) is 1. The first kappa shape index (κ1) is 17.1. The minimum Gasteiger partial charge on any atom is -0.355 e. The van der Waals surface area contributed by atoms with Crippen molar-refractivity contribution in [2.45, 2.75) is 46.2 Å². The molecule has 0 saturated heterocycles. The molecule has 21 heavy (non-hydrogen) atoms. The third-order valence-corrected chi connectivity index (χ3v) is 3.25. The lowest BCUT2D eigenvalue weighted by Crippen LogP contribution is -2.47. The summed E-state index contributed by atoms with van der Waals surface area (Å²) in [6.45, 7) is 6.29. The Bertz CT molecular complexity index is 474. The second-order valence-corrected chi connectivity index (χ2v) is 4.97. The molecule has 1 aromatic rings. The van der Waals surface area contributed by atoms with Crippen molar-refractivity contribution in [1.82, 2.24) is 10.2 Å². The monoisotopic (exact) mass is 294 g/mol. The van der Waals surface area contributed by atoms with Crippen LogP contribution in [0.25, 0.3) is 0 Å². The smallest absolute Gasteiger partial charge is 0.242 e. The van der Waals surface area contributed by atoms with Gasteiger partial charge in [-0.25, -0.2) is 4.39 Å². The summed E-state index contributed by atoms with van der Waals surface area (Å²) in [4.78, 5) is 25.8. The van der Waals surface area contributed by atoms with Gasteiger partial charge in [-0.1, -0.05) is 19.1 Å². The van der Waals surface area contributed by atoms with Crippen molar-refractivity contribution in [1.29, 1.82) is 0 Å². The van der Waals surface area contributed by atoms with E-state index in [9.17, 15) is 14.0 Å². The molecule has 1 atom stereocenters. The van der Waals surface area contributed by atoms with Crippen LogP contribution in [0, 0.1) is 5.82 Å². The van der Waals surface area contributed by atoms with Gasteiger partial charge >= 0.3 is 0 Å².